The van der Waals surface area contributed by atoms with Gasteiger partial charge in [-0.15, -0.1) is 0 Å². The van der Waals surface area contributed by atoms with Gasteiger partial charge in [-0.25, -0.2) is 4.98 Å². The van der Waals surface area contributed by atoms with Crippen molar-refractivity contribution in [1.82, 2.24) is 4.98 Å². The summed E-state index contributed by atoms with van der Waals surface area (Å²) in [5.41, 5.74) is 8.53. The quantitative estimate of drug-likeness (QED) is 0.895. The Bertz CT molecular complexity index is 556. The molecule has 0 atom stereocenters. The third-order valence-corrected chi connectivity index (χ3v) is 2.81. The average Bonchev–Trinajstić information content (AvgIpc) is 2.45. The molecule has 0 radical (unpaired) electrons. The van der Waals surface area contributed by atoms with Crippen LogP contribution in [-0.4, -0.2) is 12.1 Å². The Morgan fingerprint density at radius 1 is 1.21 bits per heavy atom. The van der Waals surface area contributed by atoms with Gasteiger partial charge in [-0.05, 0) is 30.7 Å². The van der Waals surface area contributed by atoms with Crippen molar-refractivity contribution in [2.45, 2.75) is 20.1 Å². The Kier molecular flexibility index (Phi) is 4.36. The van der Waals surface area contributed by atoms with E-state index in [1.807, 2.05) is 43.3 Å². The molecule has 19 heavy (non-hydrogen) atoms. The van der Waals surface area contributed by atoms with Crippen molar-refractivity contribution in [2.24, 2.45) is 5.73 Å². The molecule has 0 fully saturated rings. The minimum Gasteiger partial charge on any atom is -0.497 e. The average molecular weight is 258 g/mol. The maximum absolute atomic E-state index is 5.75. The van der Waals surface area contributed by atoms with Crippen molar-refractivity contribution in [3.8, 4) is 11.6 Å². The van der Waals surface area contributed by atoms with E-state index in [4.69, 9.17) is 15.2 Å². The van der Waals surface area contributed by atoms with Crippen LogP contribution in [0.2, 0.25) is 0 Å². The molecule has 0 saturated heterocycles. The van der Waals surface area contributed by atoms with Crippen molar-refractivity contribution in [2.75, 3.05) is 7.11 Å². The van der Waals surface area contributed by atoms with Crippen LogP contribution >= 0.6 is 0 Å². The summed E-state index contributed by atoms with van der Waals surface area (Å²) in [6, 6.07) is 11.6. The van der Waals surface area contributed by atoms with E-state index in [9.17, 15) is 0 Å². The molecule has 2 aromatic rings. The van der Waals surface area contributed by atoms with E-state index < -0.39 is 0 Å². The summed E-state index contributed by atoms with van der Waals surface area (Å²) in [7, 11) is 1.65. The Balaban J connectivity index is 2.11. The number of aryl methyl sites for hydroxylation is 1. The van der Waals surface area contributed by atoms with E-state index in [1.165, 1.54) is 0 Å². The monoisotopic (exact) mass is 258 g/mol. The Hall–Kier alpha value is -2.07. The number of hydrogen-bond acceptors (Lipinski definition) is 4. The highest BCUT2D eigenvalue weighted by Gasteiger charge is 2.05. The lowest BCUT2D eigenvalue weighted by atomic mass is 10.2. The first-order chi connectivity index (χ1) is 9.22. The van der Waals surface area contributed by atoms with Gasteiger partial charge in [-0.1, -0.05) is 18.2 Å². The van der Waals surface area contributed by atoms with E-state index in [0.717, 1.165) is 22.6 Å². The third-order valence-electron chi connectivity index (χ3n) is 2.81. The van der Waals surface area contributed by atoms with Crippen molar-refractivity contribution in [3.05, 3.63) is 53.2 Å². The van der Waals surface area contributed by atoms with E-state index in [-0.39, 0.29) is 0 Å². The maximum atomic E-state index is 5.75. The predicted molar refractivity (Wildman–Crippen MR) is 74.2 cm³/mol. The van der Waals surface area contributed by atoms with E-state index in [0.29, 0.717) is 19.0 Å². The third kappa shape index (κ3) is 3.45. The van der Waals surface area contributed by atoms with Crippen molar-refractivity contribution >= 4 is 0 Å². The Morgan fingerprint density at radius 2 is 2.05 bits per heavy atom. The Morgan fingerprint density at radius 3 is 2.79 bits per heavy atom. The van der Waals surface area contributed by atoms with Crippen molar-refractivity contribution in [3.63, 3.8) is 0 Å². The highest BCUT2D eigenvalue weighted by Crippen LogP contribution is 2.18. The van der Waals surface area contributed by atoms with Gasteiger partial charge in [0.1, 0.15) is 12.4 Å². The summed E-state index contributed by atoms with van der Waals surface area (Å²) in [6.07, 6.45) is 0. The van der Waals surface area contributed by atoms with Gasteiger partial charge in [0.25, 0.3) is 0 Å². The second-order valence-corrected chi connectivity index (χ2v) is 4.26. The van der Waals surface area contributed by atoms with Gasteiger partial charge < -0.3 is 15.2 Å². The zero-order valence-electron chi connectivity index (χ0n) is 11.2. The molecular formula is C15H18N2O2. The second kappa shape index (κ2) is 6.20. The molecular weight excluding hydrogens is 240 g/mol. The topological polar surface area (TPSA) is 57.4 Å². The number of hydrogen-bond donors (Lipinski definition) is 1. The first kappa shape index (κ1) is 13.4. The van der Waals surface area contributed by atoms with Crippen LogP contribution in [0.4, 0.5) is 0 Å². The first-order valence-electron chi connectivity index (χ1n) is 6.15. The molecule has 0 aliphatic carbocycles. The lowest BCUT2D eigenvalue weighted by Gasteiger charge is -2.10. The predicted octanol–water partition coefficient (Wildman–Crippen LogP) is 2.44. The highest BCUT2D eigenvalue weighted by molar-refractivity contribution is 5.30. The van der Waals surface area contributed by atoms with Gasteiger partial charge in [0.2, 0.25) is 5.88 Å². The highest BCUT2D eigenvalue weighted by atomic mass is 16.5. The fraction of sp³-hybridized carbons (Fsp3) is 0.267. The Labute approximate surface area is 113 Å². The molecule has 1 heterocycles. The van der Waals surface area contributed by atoms with Gasteiger partial charge in [-0.2, -0.15) is 0 Å². The molecule has 0 aliphatic heterocycles. The molecule has 2 rings (SSSR count). The number of pyridine rings is 1. The molecule has 1 aromatic heterocycles. The lowest BCUT2D eigenvalue weighted by molar-refractivity contribution is 0.289. The van der Waals surface area contributed by atoms with E-state index in [1.54, 1.807) is 7.11 Å². The molecule has 4 heteroatoms. The van der Waals surface area contributed by atoms with Crippen LogP contribution in [0.15, 0.2) is 36.4 Å². The summed E-state index contributed by atoms with van der Waals surface area (Å²) in [6.45, 7) is 2.79. The molecule has 0 amide bonds. The molecule has 0 bridgehead atoms. The normalized spacial score (nSPS) is 10.3. The smallest absolute Gasteiger partial charge is 0.218 e. The fourth-order valence-electron chi connectivity index (χ4n) is 1.76. The van der Waals surface area contributed by atoms with Crippen LogP contribution in [0.5, 0.6) is 11.6 Å². The standard InChI is InChI=1S/C15H18N2O2/c1-11-6-7-13(9-16)15(17-11)19-10-12-4-3-5-14(8-12)18-2/h3-8H,9-10,16H2,1-2H3. The van der Waals surface area contributed by atoms with Gasteiger partial charge >= 0.3 is 0 Å². The SMILES string of the molecule is COc1cccc(COc2nc(C)ccc2CN)c1. The molecule has 4 nitrogen and oxygen atoms in total. The van der Waals surface area contributed by atoms with Crippen molar-refractivity contribution < 1.29 is 9.47 Å². The molecule has 1 aromatic carbocycles. The molecule has 2 N–H and O–H groups in total. The van der Waals surface area contributed by atoms with E-state index in [2.05, 4.69) is 4.98 Å². The largest absolute Gasteiger partial charge is 0.497 e. The van der Waals surface area contributed by atoms with Gasteiger partial charge in [-0.3, -0.25) is 0 Å². The molecule has 100 valence electrons. The summed E-state index contributed by atoms with van der Waals surface area (Å²) in [5.74, 6) is 1.42. The number of benzene rings is 1. The first-order valence-corrected chi connectivity index (χ1v) is 6.15. The molecule has 0 aliphatic rings. The second-order valence-electron chi connectivity index (χ2n) is 4.26. The van der Waals surface area contributed by atoms with E-state index >= 15 is 0 Å². The number of aromatic nitrogens is 1. The van der Waals surface area contributed by atoms with Crippen LogP contribution in [0.1, 0.15) is 16.8 Å². The summed E-state index contributed by atoms with van der Waals surface area (Å²) < 4.78 is 10.9. The minimum absolute atomic E-state index is 0.417. The zero-order chi connectivity index (χ0) is 13.7. The number of methoxy groups -OCH3 is 1. The van der Waals surface area contributed by atoms with Crippen LogP contribution in [0.3, 0.4) is 0 Å². The number of ether oxygens (including phenoxy) is 2. The number of rotatable bonds is 5. The fourth-order valence-corrected chi connectivity index (χ4v) is 1.76. The number of nitrogens with two attached hydrogens (primary N) is 1. The zero-order valence-corrected chi connectivity index (χ0v) is 11.2. The summed E-state index contributed by atoms with van der Waals surface area (Å²) in [5, 5.41) is 0. The van der Waals surface area contributed by atoms with Gasteiger partial charge in [0.15, 0.2) is 0 Å². The van der Waals surface area contributed by atoms with Crippen LogP contribution in [-0.2, 0) is 13.2 Å². The molecule has 0 unspecified atom stereocenters. The number of nitrogens with zero attached hydrogens (tertiary/aromatic N) is 1. The molecule has 0 spiro atoms. The lowest BCUT2D eigenvalue weighted by Crippen LogP contribution is -2.05. The van der Waals surface area contributed by atoms with Gasteiger partial charge in [0, 0.05) is 17.8 Å². The minimum atomic E-state index is 0.417. The summed E-state index contributed by atoms with van der Waals surface area (Å²) in [4.78, 5) is 4.37. The van der Waals surface area contributed by atoms with Crippen LogP contribution < -0.4 is 15.2 Å². The van der Waals surface area contributed by atoms with Crippen LogP contribution in [0, 0.1) is 6.92 Å². The molecule has 0 saturated carbocycles. The van der Waals surface area contributed by atoms with Crippen LogP contribution in [0.25, 0.3) is 0 Å². The van der Waals surface area contributed by atoms with Crippen molar-refractivity contribution in [1.29, 1.82) is 0 Å². The maximum Gasteiger partial charge on any atom is 0.218 e. The summed E-state index contributed by atoms with van der Waals surface area (Å²) >= 11 is 0. The van der Waals surface area contributed by atoms with Gasteiger partial charge in [0.05, 0.1) is 7.11 Å².